The molecule has 1 fully saturated rings. The highest BCUT2D eigenvalue weighted by Crippen LogP contribution is 2.28. The average molecular weight is 272 g/mol. The zero-order valence-corrected chi connectivity index (χ0v) is 10.3. The van der Waals surface area contributed by atoms with E-state index in [1.165, 1.54) is 0 Å². The van der Waals surface area contributed by atoms with E-state index >= 15 is 0 Å². The molecule has 1 aromatic heterocycles. The maximum atomic E-state index is 12.0. The van der Waals surface area contributed by atoms with Gasteiger partial charge < -0.3 is 9.32 Å². The molecule has 0 saturated heterocycles. The van der Waals surface area contributed by atoms with E-state index in [1.54, 1.807) is 6.07 Å². The fourth-order valence-electron chi connectivity index (χ4n) is 1.62. The van der Waals surface area contributed by atoms with Crippen LogP contribution in [0.4, 0.5) is 0 Å². The maximum absolute atomic E-state index is 12.0. The molecule has 0 aliphatic heterocycles. The van der Waals surface area contributed by atoms with E-state index in [2.05, 4.69) is 15.9 Å². The highest BCUT2D eigenvalue weighted by atomic mass is 79.9. The minimum Gasteiger partial charge on any atom is -0.456 e. The SMILES string of the molecule is Cc1ccc(C(=O)N(CCBr)C2CC2)o1. The van der Waals surface area contributed by atoms with E-state index in [0.717, 1.165) is 30.5 Å². The minimum atomic E-state index is 0.0186. The Balaban J connectivity index is 2.10. The predicted molar refractivity (Wildman–Crippen MR) is 61.3 cm³/mol. The summed E-state index contributed by atoms with van der Waals surface area (Å²) in [6, 6.07) is 4.01. The average Bonchev–Trinajstić information content (AvgIpc) is 2.96. The molecule has 1 aliphatic rings. The fourth-order valence-corrected chi connectivity index (χ4v) is 2.00. The van der Waals surface area contributed by atoms with Gasteiger partial charge in [-0.3, -0.25) is 4.79 Å². The van der Waals surface area contributed by atoms with Crippen molar-refractivity contribution >= 4 is 21.8 Å². The molecule has 0 spiro atoms. The van der Waals surface area contributed by atoms with Crippen molar-refractivity contribution in [2.45, 2.75) is 25.8 Å². The summed E-state index contributed by atoms with van der Waals surface area (Å²) in [5.74, 6) is 1.26. The lowest BCUT2D eigenvalue weighted by atomic mass is 10.3. The minimum absolute atomic E-state index is 0.0186. The van der Waals surface area contributed by atoms with Gasteiger partial charge in [0.1, 0.15) is 5.76 Å². The number of nitrogens with zero attached hydrogens (tertiary/aromatic N) is 1. The van der Waals surface area contributed by atoms with Crippen molar-refractivity contribution in [3.05, 3.63) is 23.7 Å². The summed E-state index contributed by atoms with van der Waals surface area (Å²) >= 11 is 3.37. The number of rotatable bonds is 4. The Morgan fingerprint density at radius 3 is 2.80 bits per heavy atom. The number of carbonyl (C=O) groups is 1. The Morgan fingerprint density at radius 2 is 2.33 bits per heavy atom. The summed E-state index contributed by atoms with van der Waals surface area (Å²) in [5.41, 5.74) is 0. The maximum Gasteiger partial charge on any atom is 0.289 e. The van der Waals surface area contributed by atoms with Crippen LogP contribution in [0.2, 0.25) is 0 Å². The van der Waals surface area contributed by atoms with E-state index in [0.29, 0.717) is 11.8 Å². The first kappa shape index (κ1) is 10.7. The molecule has 0 N–H and O–H groups in total. The van der Waals surface area contributed by atoms with Crippen LogP contribution in [0.1, 0.15) is 29.2 Å². The van der Waals surface area contributed by atoms with E-state index in [-0.39, 0.29) is 5.91 Å². The first-order chi connectivity index (χ1) is 7.22. The molecule has 0 atom stereocenters. The van der Waals surface area contributed by atoms with Crippen LogP contribution in [0, 0.1) is 6.92 Å². The van der Waals surface area contributed by atoms with Crippen LogP contribution in [0.25, 0.3) is 0 Å². The summed E-state index contributed by atoms with van der Waals surface area (Å²) in [6.07, 6.45) is 2.25. The molecule has 4 heteroatoms. The standard InChI is InChI=1S/C11H14BrNO2/c1-8-2-5-10(15-8)11(14)13(7-6-12)9-3-4-9/h2,5,9H,3-4,6-7H2,1H3. The van der Waals surface area contributed by atoms with Gasteiger partial charge >= 0.3 is 0 Å². The van der Waals surface area contributed by atoms with Crippen LogP contribution >= 0.6 is 15.9 Å². The van der Waals surface area contributed by atoms with E-state index in [1.807, 2.05) is 17.9 Å². The number of amides is 1. The number of hydrogen-bond acceptors (Lipinski definition) is 2. The number of furan rings is 1. The van der Waals surface area contributed by atoms with Gasteiger partial charge in [0.25, 0.3) is 5.91 Å². The molecule has 1 heterocycles. The number of alkyl halides is 1. The third-order valence-corrected chi connectivity index (χ3v) is 2.88. The van der Waals surface area contributed by atoms with Gasteiger partial charge in [-0.15, -0.1) is 0 Å². The zero-order chi connectivity index (χ0) is 10.8. The first-order valence-corrected chi connectivity index (χ1v) is 6.28. The molecule has 15 heavy (non-hydrogen) atoms. The van der Waals surface area contributed by atoms with Gasteiger partial charge in [-0.25, -0.2) is 0 Å². The number of hydrogen-bond donors (Lipinski definition) is 0. The van der Waals surface area contributed by atoms with Crippen LogP contribution in [-0.4, -0.2) is 28.7 Å². The summed E-state index contributed by atoms with van der Waals surface area (Å²) in [6.45, 7) is 2.60. The lowest BCUT2D eigenvalue weighted by Gasteiger charge is -2.19. The highest BCUT2D eigenvalue weighted by Gasteiger charge is 2.33. The Morgan fingerprint density at radius 1 is 1.60 bits per heavy atom. The Bertz CT molecular complexity index is 357. The first-order valence-electron chi connectivity index (χ1n) is 5.15. The van der Waals surface area contributed by atoms with Crippen LogP contribution in [-0.2, 0) is 0 Å². The van der Waals surface area contributed by atoms with E-state index in [9.17, 15) is 4.79 Å². The van der Waals surface area contributed by atoms with Crippen LogP contribution in [0.15, 0.2) is 16.5 Å². The lowest BCUT2D eigenvalue weighted by Crippen LogP contribution is -2.34. The summed E-state index contributed by atoms with van der Waals surface area (Å²) < 4.78 is 5.34. The fraction of sp³-hybridized carbons (Fsp3) is 0.545. The second-order valence-electron chi connectivity index (χ2n) is 3.83. The molecular weight excluding hydrogens is 258 g/mol. The quantitative estimate of drug-likeness (QED) is 0.789. The monoisotopic (exact) mass is 271 g/mol. The lowest BCUT2D eigenvalue weighted by molar-refractivity contribution is 0.0721. The summed E-state index contributed by atoms with van der Waals surface area (Å²) in [5, 5.41) is 0.814. The largest absolute Gasteiger partial charge is 0.456 e. The van der Waals surface area contributed by atoms with Gasteiger partial charge in [0.2, 0.25) is 0 Å². The molecule has 0 radical (unpaired) electrons. The Hall–Kier alpha value is -0.770. The molecule has 0 aromatic carbocycles. The van der Waals surface area contributed by atoms with Crippen molar-refractivity contribution in [1.29, 1.82) is 0 Å². The van der Waals surface area contributed by atoms with Gasteiger partial charge in [-0.1, -0.05) is 15.9 Å². The van der Waals surface area contributed by atoms with Gasteiger partial charge in [0.05, 0.1) is 0 Å². The van der Waals surface area contributed by atoms with Crippen LogP contribution in [0.3, 0.4) is 0 Å². The molecule has 1 aliphatic carbocycles. The van der Waals surface area contributed by atoms with Crippen molar-refractivity contribution in [3.63, 3.8) is 0 Å². The number of carbonyl (C=O) groups excluding carboxylic acids is 1. The van der Waals surface area contributed by atoms with Crippen molar-refractivity contribution < 1.29 is 9.21 Å². The Kier molecular flexibility index (Phi) is 3.14. The van der Waals surface area contributed by atoms with Crippen LogP contribution < -0.4 is 0 Å². The molecule has 2 rings (SSSR count). The van der Waals surface area contributed by atoms with Crippen molar-refractivity contribution in [3.8, 4) is 0 Å². The van der Waals surface area contributed by atoms with Crippen molar-refractivity contribution in [2.75, 3.05) is 11.9 Å². The molecule has 1 amide bonds. The van der Waals surface area contributed by atoms with E-state index < -0.39 is 0 Å². The Labute approximate surface area is 97.6 Å². The molecule has 1 aromatic rings. The summed E-state index contributed by atoms with van der Waals surface area (Å²) in [4.78, 5) is 13.9. The van der Waals surface area contributed by atoms with Crippen molar-refractivity contribution in [2.24, 2.45) is 0 Å². The van der Waals surface area contributed by atoms with Crippen molar-refractivity contribution in [1.82, 2.24) is 4.90 Å². The summed E-state index contributed by atoms with van der Waals surface area (Å²) in [7, 11) is 0. The smallest absolute Gasteiger partial charge is 0.289 e. The van der Waals surface area contributed by atoms with E-state index in [4.69, 9.17) is 4.42 Å². The molecule has 3 nitrogen and oxygen atoms in total. The second kappa shape index (κ2) is 4.39. The number of aryl methyl sites for hydroxylation is 1. The predicted octanol–water partition coefficient (Wildman–Crippen LogP) is 2.59. The van der Waals surface area contributed by atoms with Gasteiger partial charge in [-0.2, -0.15) is 0 Å². The highest BCUT2D eigenvalue weighted by molar-refractivity contribution is 9.09. The normalized spacial score (nSPS) is 15.3. The third-order valence-electron chi connectivity index (χ3n) is 2.53. The second-order valence-corrected chi connectivity index (χ2v) is 4.62. The molecule has 0 unspecified atom stereocenters. The number of halogens is 1. The van der Waals surface area contributed by atoms with Gasteiger partial charge in [0.15, 0.2) is 5.76 Å². The van der Waals surface area contributed by atoms with Gasteiger partial charge in [0, 0.05) is 17.9 Å². The van der Waals surface area contributed by atoms with Gasteiger partial charge in [-0.05, 0) is 31.9 Å². The third kappa shape index (κ3) is 2.43. The molecule has 1 saturated carbocycles. The molecule has 0 bridgehead atoms. The molecular formula is C11H14BrNO2. The zero-order valence-electron chi connectivity index (χ0n) is 8.70. The molecule has 82 valence electrons. The topological polar surface area (TPSA) is 33.5 Å². The van der Waals surface area contributed by atoms with Crippen LogP contribution in [0.5, 0.6) is 0 Å².